The third kappa shape index (κ3) is 6.84. The summed E-state index contributed by atoms with van der Waals surface area (Å²) in [5.74, 6) is 5.27. The molecule has 2 rings (SSSR count). The van der Waals surface area contributed by atoms with Crippen LogP contribution in [0.1, 0.15) is 40.2 Å². The minimum absolute atomic E-state index is 0.0301. The number of nitrogens with zero attached hydrogens (tertiary/aromatic N) is 2. The summed E-state index contributed by atoms with van der Waals surface area (Å²) in [5.41, 5.74) is 0.490. The van der Waals surface area contributed by atoms with Gasteiger partial charge in [0.05, 0.1) is 13.2 Å². The lowest BCUT2D eigenvalue weighted by Crippen LogP contribution is -2.51. The smallest absolute Gasteiger partial charge is 0.317 e. The predicted octanol–water partition coefficient (Wildman–Crippen LogP) is 1.24. The van der Waals surface area contributed by atoms with Crippen molar-refractivity contribution in [1.82, 2.24) is 14.5 Å². The second-order valence-corrected chi connectivity index (χ2v) is 10.7. The zero-order valence-electron chi connectivity index (χ0n) is 20.1. The van der Waals surface area contributed by atoms with E-state index in [1.54, 1.807) is 20.0 Å². The summed E-state index contributed by atoms with van der Waals surface area (Å²) in [6, 6.07) is 3.59. The van der Waals surface area contributed by atoms with Gasteiger partial charge < -0.3 is 25.2 Å². The van der Waals surface area contributed by atoms with Crippen LogP contribution in [0.15, 0.2) is 23.1 Å². The molecule has 9 nitrogen and oxygen atoms in total. The molecule has 0 saturated carbocycles. The molecule has 33 heavy (non-hydrogen) atoms. The van der Waals surface area contributed by atoms with E-state index in [0.717, 1.165) is 0 Å². The van der Waals surface area contributed by atoms with Crippen molar-refractivity contribution in [2.45, 2.75) is 63.8 Å². The van der Waals surface area contributed by atoms with E-state index in [9.17, 15) is 23.4 Å². The van der Waals surface area contributed by atoms with Crippen LogP contribution in [0.5, 0.6) is 5.75 Å². The summed E-state index contributed by atoms with van der Waals surface area (Å²) in [6.45, 7) is 8.78. The first-order chi connectivity index (χ1) is 15.4. The molecule has 1 aromatic rings. The van der Waals surface area contributed by atoms with E-state index in [4.69, 9.17) is 4.74 Å². The Bertz CT molecular complexity index is 999. The first kappa shape index (κ1) is 26.9. The van der Waals surface area contributed by atoms with Gasteiger partial charge in [-0.2, -0.15) is 4.31 Å². The van der Waals surface area contributed by atoms with Crippen LogP contribution in [0, 0.1) is 17.8 Å². The third-order valence-electron chi connectivity index (χ3n) is 5.31. The van der Waals surface area contributed by atoms with Crippen molar-refractivity contribution in [3.05, 3.63) is 23.8 Å². The van der Waals surface area contributed by atoms with E-state index in [0.29, 0.717) is 5.56 Å². The number of hydrogen-bond acceptors (Lipinski definition) is 6. The highest BCUT2D eigenvalue weighted by atomic mass is 32.2. The number of carbonyl (C=O) groups is 1. The van der Waals surface area contributed by atoms with Crippen LogP contribution in [0.2, 0.25) is 0 Å². The molecule has 0 aromatic heterocycles. The molecule has 10 heteroatoms. The van der Waals surface area contributed by atoms with Gasteiger partial charge in [0.2, 0.25) is 10.0 Å². The SMILES string of the molecule is CC(C)NC(=O)N(C)C[C@H]1Oc2cc(C#C[C@H](C)O)ccc2S(=O)(=O)N([C@@H](C)CO)C[C@H]1C. The fraction of sp³-hybridized carbons (Fsp3) is 0.609. The van der Waals surface area contributed by atoms with E-state index >= 15 is 0 Å². The average Bonchev–Trinajstić information content (AvgIpc) is 2.73. The van der Waals surface area contributed by atoms with E-state index < -0.39 is 28.3 Å². The number of nitrogens with one attached hydrogen (secondary N) is 1. The first-order valence-corrected chi connectivity index (χ1v) is 12.5. The number of aliphatic hydroxyl groups excluding tert-OH is 2. The molecule has 2 amide bonds. The number of fused-ring (bicyclic) bond motifs is 1. The van der Waals surface area contributed by atoms with E-state index in [1.807, 2.05) is 20.8 Å². The molecule has 184 valence electrons. The molecule has 0 bridgehead atoms. The molecule has 1 heterocycles. The number of urea groups is 1. The number of hydrogen-bond donors (Lipinski definition) is 3. The molecule has 1 aliphatic heterocycles. The van der Waals surface area contributed by atoms with Gasteiger partial charge in [-0.1, -0.05) is 18.8 Å². The van der Waals surface area contributed by atoms with Gasteiger partial charge in [-0.3, -0.25) is 0 Å². The van der Waals surface area contributed by atoms with Crippen molar-refractivity contribution < 1.29 is 28.2 Å². The van der Waals surface area contributed by atoms with Gasteiger partial charge in [0.25, 0.3) is 0 Å². The number of aliphatic hydroxyl groups is 2. The Morgan fingerprint density at radius 3 is 2.58 bits per heavy atom. The van der Waals surface area contributed by atoms with Crippen molar-refractivity contribution in [3.8, 4) is 17.6 Å². The lowest BCUT2D eigenvalue weighted by Gasteiger charge is -2.37. The van der Waals surface area contributed by atoms with Crippen LogP contribution in [0.25, 0.3) is 0 Å². The zero-order chi connectivity index (χ0) is 24.9. The predicted molar refractivity (Wildman–Crippen MR) is 125 cm³/mol. The van der Waals surface area contributed by atoms with Gasteiger partial charge >= 0.3 is 6.03 Å². The van der Waals surface area contributed by atoms with Crippen molar-refractivity contribution >= 4 is 16.1 Å². The van der Waals surface area contributed by atoms with Gasteiger partial charge in [0.1, 0.15) is 22.9 Å². The van der Waals surface area contributed by atoms with Crippen molar-refractivity contribution in [1.29, 1.82) is 0 Å². The van der Waals surface area contributed by atoms with E-state index in [2.05, 4.69) is 17.2 Å². The fourth-order valence-electron chi connectivity index (χ4n) is 3.42. The minimum Gasteiger partial charge on any atom is -0.487 e. The quantitative estimate of drug-likeness (QED) is 0.545. The van der Waals surface area contributed by atoms with E-state index in [1.165, 1.54) is 28.3 Å². The van der Waals surface area contributed by atoms with Gasteiger partial charge in [0.15, 0.2) is 0 Å². The number of sulfonamides is 1. The van der Waals surface area contributed by atoms with Gasteiger partial charge in [0, 0.05) is 37.2 Å². The number of likely N-dealkylation sites (N-methyl/N-ethyl adjacent to an activating group) is 1. The van der Waals surface area contributed by atoms with Crippen molar-refractivity contribution in [2.24, 2.45) is 5.92 Å². The molecule has 3 N–H and O–H groups in total. The Labute approximate surface area is 196 Å². The largest absolute Gasteiger partial charge is 0.487 e. The van der Waals surface area contributed by atoms with Crippen LogP contribution in [0.4, 0.5) is 4.79 Å². The highest BCUT2D eigenvalue weighted by Gasteiger charge is 2.38. The summed E-state index contributed by atoms with van der Waals surface area (Å²) in [4.78, 5) is 13.9. The summed E-state index contributed by atoms with van der Waals surface area (Å²) in [6.07, 6.45) is -1.35. The number of benzene rings is 1. The lowest BCUT2D eigenvalue weighted by atomic mass is 10.0. The highest BCUT2D eigenvalue weighted by Crippen LogP contribution is 2.34. The number of carbonyl (C=O) groups excluding carboxylic acids is 1. The van der Waals surface area contributed by atoms with Gasteiger partial charge in [-0.25, -0.2) is 13.2 Å². The molecule has 0 unspecified atom stereocenters. The molecule has 1 aromatic carbocycles. The fourth-order valence-corrected chi connectivity index (χ4v) is 5.24. The summed E-state index contributed by atoms with van der Waals surface area (Å²) < 4.78 is 34.4. The average molecular weight is 482 g/mol. The van der Waals surface area contributed by atoms with Crippen LogP contribution >= 0.6 is 0 Å². The van der Waals surface area contributed by atoms with Crippen molar-refractivity contribution in [2.75, 3.05) is 26.7 Å². The summed E-state index contributed by atoms with van der Waals surface area (Å²) in [5, 5.41) is 22.0. The number of rotatable bonds is 5. The Balaban J connectivity index is 2.53. The number of amides is 2. The topological polar surface area (TPSA) is 119 Å². The van der Waals surface area contributed by atoms with Crippen molar-refractivity contribution in [3.63, 3.8) is 0 Å². The Morgan fingerprint density at radius 1 is 1.33 bits per heavy atom. The maximum atomic E-state index is 13.4. The first-order valence-electron chi connectivity index (χ1n) is 11.0. The molecule has 4 atom stereocenters. The van der Waals surface area contributed by atoms with Gasteiger partial charge in [-0.05, 0) is 45.9 Å². The van der Waals surface area contributed by atoms with Crippen LogP contribution in [-0.2, 0) is 10.0 Å². The molecule has 0 radical (unpaired) electrons. The molecule has 0 aliphatic carbocycles. The standard InChI is InChI=1S/C23H35N3O6S/c1-15(2)24-23(29)25(6)13-21-16(3)12-26(17(4)14-27)33(30,31)22-10-9-19(8-7-18(5)28)11-20(22)32-21/h9-11,15-18,21,27-28H,12-14H2,1-6H3,(H,24,29)/t16-,17+,18+,21-/m1/s1. The van der Waals surface area contributed by atoms with Crippen LogP contribution in [-0.4, -0.2) is 84.9 Å². The maximum absolute atomic E-state index is 13.4. The molecule has 0 fully saturated rings. The molecule has 0 saturated heterocycles. The lowest BCUT2D eigenvalue weighted by molar-refractivity contribution is 0.0809. The summed E-state index contributed by atoms with van der Waals surface area (Å²) in [7, 11) is -2.31. The molecule has 1 aliphatic rings. The molecule has 0 spiro atoms. The van der Waals surface area contributed by atoms with Crippen LogP contribution in [0.3, 0.4) is 0 Å². The van der Waals surface area contributed by atoms with Crippen LogP contribution < -0.4 is 10.1 Å². The highest BCUT2D eigenvalue weighted by molar-refractivity contribution is 7.89. The van der Waals surface area contributed by atoms with Gasteiger partial charge in [-0.15, -0.1) is 0 Å². The molecular weight excluding hydrogens is 446 g/mol. The second kappa shape index (κ2) is 11.2. The monoisotopic (exact) mass is 481 g/mol. The Hall–Kier alpha value is -2.32. The third-order valence-corrected chi connectivity index (χ3v) is 7.32. The second-order valence-electron chi connectivity index (χ2n) is 8.83. The Morgan fingerprint density at radius 2 is 2.00 bits per heavy atom. The minimum atomic E-state index is -3.96. The summed E-state index contributed by atoms with van der Waals surface area (Å²) >= 11 is 0. The number of ether oxygens (including phenoxy) is 1. The van der Waals surface area contributed by atoms with E-state index in [-0.39, 0.29) is 48.3 Å². The maximum Gasteiger partial charge on any atom is 0.317 e. The normalized spacial score (nSPS) is 22.0. The zero-order valence-corrected chi connectivity index (χ0v) is 20.9. The molecular formula is C23H35N3O6S. The Kier molecular flexibility index (Phi) is 9.14.